The van der Waals surface area contributed by atoms with Crippen molar-refractivity contribution in [3.05, 3.63) is 94.3 Å². The van der Waals surface area contributed by atoms with E-state index in [1.165, 1.54) is 19.2 Å². The highest BCUT2D eigenvalue weighted by Gasteiger charge is 2.38. The average Bonchev–Trinajstić information content (AvgIpc) is 3.25. The van der Waals surface area contributed by atoms with Crippen molar-refractivity contribution < 1.29 is 23.5 Å². The number of aromatic nitrogens is 1. The van der Waals surface area contributed by atoms with Gasteiger partial charge >= 0.3 is 5.97 Å². The molecule has 0 bridgehead atoms. The van der Waals surface area contributed by atoms with Gasteiger partial charge in [0.15, 0.2) is 0 Å². The van der Waals surface area contributed by atoms with E-state index in [2.05, 4.69) is 4.57 Å². The second kappa shape index (κ2) is 9.02. The Kier molecular flexibility index (Phi) is 6.11. The Labute approximate surface area is 197 Å². The first-order valence-electron chi connectivity index (χ1n) is 10.7. The maximum atomic E-state index is 13.6. The number of aryl methyl sites for hydroxylation is 1. The number of rotatable bonds is 5. The van der Waals surface area contributed by atoms with Crippen molar-refractivity contribution in [2.75, 3.05) is 19.1 Å². The van der Waals surface area contributed by atoms with Gasteiger partial charge in [-0.15, -0.1) is 0 Å². The number of carbonyl (C=O) groups excluding carboxylic acids is 2. The Bertz CT molecular complexity index is 1330. The number of hydrogen-bond donors (Lipinski definition) is 0. The summed E-state index contributed by atoms with van der Waals surface area (Å²) in [6, 6.07) is 15.4. The Hall–Kier alpha value is -4.13. The number of benzene rings is 2. The fourth-order valence-corrected chi connectivity index (χ4v) is 4.29. The summed E-state index contributed by atoms with van der Waals surface area (Å²) in [5.41, 5.74) is 4.93. The number of anilines is 1. The van der Waals surface area contributed by atoms with Crippen molar-refractivity contribution in [1.82, 2.24) is 4.57 Å². The van der Waals surface area contributed by atoms with Gasteiger partial charge in [0, 0.05) is 28.5 Å². The number of carbonyl (C=O) groups is 2. The molecular formula is C27H25FN2O4. The molecule has 2 aromatic carbocycles. The Morgan fingerprint density at radius 3 is 2.15 bits per heavy atom. The monoisotopic (exact) mass is 460 g/mol. The summed E-state index contributed by atoms with van der Waals surface area (Å²) < 4.78 is 25.7. The first-order chi connectivity index (χ1) is 16.3. The zero-order valence-corrected chi connectivity index (χ0v) is 19.7. The molecule has 0 saturated carbocycles. The van der Waals surface area contributed by atoms with Crippen molar-refractivity contribution in [2.45, 2.75) is 20.8 Å². The molecular weight excluding hydrogens is 435 g/mol. The SMILES string of the molecule is COC(=O)C1=C(C)N(c2ccc(F)cc2)/C(=C\c2cc(C)n(-c3ccc(OC)cc3)c2C)C1=O. The van der Waals surface area contributed by atoms with Crippen molar-refractivity contribution in [3.63, 3.8) is 0 Å². The standard InChI is InChI=1S/C27H25FN2O4/c1-16-14-19(17(2)29(16)21-10-12-23(33-4)13-11-21)15-24-26(31)25(27(32)34-5)18(3)30(24)22-8-6-20(28)7-9-22/h6-15H,1-5H3/b24-15-. The average molecular weight is 461 g/mol. The molecule has 7 heteroatoms. The number of esters is 1. The highest BCUT2D eigenvalue weighted by molar-refractivity contribution is 6.30. The minimum Gasteiger partial charge on any atom is -0.497 e. The van der Waals surface area contributed by atoms with E-state index in [0.29, 0.717) is 17.1 Å². The second-order valence-electron chi connectivity index (χ2n) is 7.98. The van der Waals surface area contributed by atoms with Crippen LogP contribution in [0, 0.1) is 19.7 Å². The lowest BCUT2D eigenvalue weighted by atomic mass is 10.1. The largest absolute Gasteiger partial charge is 0.497 e. The minimum atomic E-state index is -0.707. The van der Waals surface area contributed by atoms with Crippen LogP contribution in [0.3, 0.4) is 0 Å². The third-order valence-corrected chi connectivity index (χ3v) is 5.97. The van der Waals surface area contributed by atoms with Crippen LogP contribution in [0.5, 0.6) is 5.75 Å². The van der Waals surface area contributed by atoms with Crippen LogP contribution < -0.4 is 9.64 Å². The van der Waals surface area contributed by atoms with Gasteiger partial charge in [-0.1, -0.05) is 0 Å². The number of ether oxygens (including phenoxy) is 2. The Balaban J connectivity index is 1.84. The van der Waals surface area contributed by atoms with Gasteiger partial charge in [0.25, 0.3) is 0 Å². The normalized spacial score (nSPS) is 14.8. The molecule has 0 radical (unpaired) electrons. The molecule has 1 aliphatic heterocycles. The van der Waals surface area contributed by atoms with E-state index in [0.717, 1.165) is 28.4 Å². The molecule has 174 valence electrons. The molecule has 1 aromatic heterocycles. The van der Waals surface area contributed by atoms with E-state index in [1.807, 2.05) is 44.2 Å². The number of allylic oxidation sites excluding steroid dienone is 2. The van der Waals surface area contributed by atoms with Crippen LogP contribution in [0.4, 0.5) is 10.1 Å². The van der Waals surface area contributed by atoms with Gasteiger partial charge in [0.05, 0.1) is 19.9 Å². The van der Waals surface area contributed by atoms with Gasteiger partial charge in [0.2, 0.25) is 5.78 Å². The molecule has 0 fully saturated rings. The topological polar surface area (TPSA) is 60.8 Å². The molecule has 4 rings (SSSR count). The summed E-state index contributed by atoms with van der Waals surface area (Å²) in [7, 11) is 2.86. The fraction of sp³-hybridized carbons (Fsp3) is 0.185. The molecule has 1 aliphatic rings. The first-order valence-corrected chi connectivity index (χ1v) is 10.7. The van der Waals surface area contributed by atoms with Crippen molar-refractivity contribution in [1.29, 1.82) is 0 Å². The van der Waals surface area contributed by atoms with Crippen molar-refractivity contribution >= 4 is 23.5 Å². The van der Waals surface area contributed by atoms with E-state index in [4.69, 9.17) is 9.47 Å². The minimum absolute atomic E-state index is 0.0398. The summed E-state index contributed by atoms with van der Waals surface area (Å²) in [5, 5.41) is 0. The predicted molar refractivity (Wildman–Crippen MR) is 128 cm³/mol. The number of halogens is 1. The fourth-order valence-electron chi connectivity index (χ4n) is 4.29. The Morgan fingerprint density at radius 2 is 1.56 bits per heavy atom. The zero-order chi connectivity index (χ0) is 24.6. The molecule has 0 saturated heterocycles. The second-order valence-corrected chi connectivity index (χ2v) is 7.98. The smallest absolute Gasteiger partial charge is 0.343 e. The number of Topliss-reactive ketones (excluding diaryl/α,β-unsaturated/α-hetero) is 1. The molecule has 0 unspecified atom stereocenters. The molecule has 0 atom stereocenters. The van der Waals surface area contributed by atoms with Gasteiger partial charge in [-0.25, -0.2) is 9.18 Å². The van der Waals surface area contributed by atoms with E-state index < -0.39 is 17.6 Å². The lowest BCUT2D eigenvalue weighted by Gasteiger charge is -2.21. The summed E-state index contributed by atoms with van der Waals surface area (Å²) >= 11 is 0. The summed E-state index contributed by atoms with van der Waals surface area (Å²) in [6.07, 6.45) is 1.76. The molecule has 0 amide bonds. The molecule has 2 heterocycles. The van der Waals surface area contributed by atoms with Crippen molar-refractivity contribution in [2.24, 2.45) is 0 Å². The molecule has 0 spiro atoms. The summed E-state index contributed by atoms with van der Waals surface area (Å²) in [6.45, 7) is 5.62. The highest BCUT2D eigenvalue weighted by Crippen LogP contribution is 2.36. The zero-order valence-electron chi connectivity index (χ0n) is 19.7. The van der Waals surface area contributed by atoms with E-state index in [9.17, 15) is 14.0 Å². The molecule has 34 heavy (non-hydrogen) atoms. The van der Waals surface area contributed by atoms with Crippen LogP contribution >= 0.6 is 0 Å². The van der Waals surface area contributed by atoms with Crippen molar-refractivity contribution in [3.8, 4) is 11.4 Å². The van der Waals surface area contributed by atoms with E-state index >= 15 is 0 Å². The molecule has 0 N–H and O–H groups in total. The molecule has 3 aromatic rings. The lowest BCUT2D eigenvalue weighted by Crippen LogP contribution is -2.18. The van der Waals surface area contributed by atoms with Crippen LogP contribution in [0.2, 0.25) is 0 Å². The highest BCUT2D eigenvalue weighted by atomic mass is 19.1. The van der Waals surface area contributed by atoms with Gasteiger partial charge in [-0.2, -0.15) is 0 Å². The van der Waals surface area contributed by atoms with Crippen LogP contribution in [0.1, 0.15) is 23.9 Å². The van der Waals surface area contributed by atoms with Gasteiger partial charge in [0.1, 0.15) is 17.1 Å². The number of ketones is 1. The van der Waals surface area contributed by atoms with Crippen LogP contribution in [0.25, 0.3) is 11.8 Å². The summed E-state index contributed by atoms with van der Waals surface area (Å²) in [4.78, 5) is 27.4. The third-order valence-electron chi connectivity index (χ3n) is 5.97. The number of methoxy groups -OCH3 is 2. The van der Waals surface area contributed by atoms with Gasteiger partial charge < -0.3 is 18.9 Å². The molecule has 0 aliphatic carbocycles. The van der Waals surface area contributed by atoms with E-state index in [1.54, 1.807) is 37.1 Å². The van der Waals surface area contributed by atoms with E-state index in [-0.39, 0.29) is 5.57 Å². The number of hydrogen-bond acceptors (Lipinski definition) is 5. The Morgan fingerprint density at radius 1 is 0.941 bits per heavy atom. The van der Waals surface area contributed by atoms with Crippen LogP contribution in [-0.4, -0.2) is 30.5 Å². The maximum Gasteiger partial charge on any atom is 0.343 e. The van der Waals surface area contributed by atoms with Crippen LogP contribution in [0.15, 0.2) is 71.6 Å². The van der Waals surface area contributed by atoms with Gasteiger partial charge in [-0.05, 0) is 87.0 Å². The predicted octanol–water partition coefficient (Wildman–Crippen LogP) is 5.12. The van der Waals surface area contributed by atoms with Gasteiger partial charge in [-0.3, -0.25) is 4.79 Å². The quantitative estimate of drug-likeness (QED) is 0.301. The molecule has 6 nitrogen and oxygen atoms in total. The van der Waals surface area contributed by atoms with Crippen LogP contribution in [-0.2, 0) is 14.3 Å². The summed E-state index contributed by atoms with van der Waals surface area (Å²) in [5.74, 6) is -0.778. The number of nitrogens with zero attached hydrogens (tertiary/aromatic N) is 2. The lowest BCUT2D eigenvalue weighted by molar-refractivity contribution is -0.137. The third kappa shape index (κ3) is 3.90. The maximum absolute atomic E-state index is 13.6. The first kappa shape index (κ1) is 23.0.